The Morgan fingerprint density at radius 1 is 1.33 bits per heavy atom. The summed E-state index contributed by atoms with van der Waals surface area (Å²) in [7, 11) is 0. The maximum absolute atomic E-state index is 10.8. The molecule has 1 rings (SSSR count). The van der Waals surface area contributed by atoms with E-state index in [1.54, 1.807) is 0 Å². The average molecular weight is 228 g/mol. The number of aromatic carboxylic acids is 2. The lowest BCUT2D eigenvalue weighted by molar-refractivity contribution is 0.0692. The molecular formula is C10H12O4S. The molecule has 0 unspecified atom stereocenters. The molecule has 0 aliphatic rings. The van der Waals surface area contributed by atoms with Crippen molar-refractivity contribution in [2.45, 2.75) is 26.2 Å². The smallest absolute Gasteiger partial charge is 0.346 e. The van der Waals surface area contributed by atoms with Gasteiger partial charge in [-0.25, -0.2) is 9.59 Å². The van der Waals surface area contributed by atoms with Gasteiger partial charge in [-0.15, -0.1) is 11.3 Å². The number of carboxylic acid groups (broad SMARTS) is 2. The molecule has 0 saturated carbocycles. The maximum atomic E-state index is 10.8. The Labute approximate surface area is 91.2 Å². The summed E-state index contributed by atoms with van der Waals surface area (Å²) in [5.41, 5.74) is 0.631. The van der Waals surface area contributed by atoms with Crippen LogP contribution in [0, 0.1) is 0 Å². The maximum Gasteiger partial charge on any atom is 0.346 e. The topological polar surface area (TPSA) is 74.6 Å². The highest BCUT2D eigenvalue weighted by Gasteiger charge is 2.17. The van der Waals surface area contributed by atoms with Gasteiger partial charge in [0, 0.05) is 0 Å². The van der Waals surface area contributed by atoms with Crippen LogP contribution in [-0.4, -0.2) is 22.2 Å². The Morgan fingerprint density at radius 2 is 2.00 bits per heavy atom. The molecule has 1 aromatic heterocycles. The van der Waals surface area contributed by atoms with Crippen LogP contribution < -0.4 is 0 Å². The standard InChI is InChI=1S/C10H12O4S/c1-2-3-4-6-5-7(9(11)12)15-8(6)10(13)14/h5H,2-4H2,1H3,(H,11,12)(H,13,14). The molecule has 0 amide bonds. The third-order valence-electron chi connectivity index (χ3n) is 2.01. The summed E-state index contributed by atoms with van der Waals surface area (Å²) < 4.78 is 0. The van der Waals surface area contributed by atoms with E-state index in [0.29, 0.717) is 12.0 Å². The molecule has 0 fully saturated rings. The van der Waals surface area contributed by atoms with Crippen LogP contribution in [0.4, 0.5) is 0 Å². The van der Waals surface area contributed by atoms with Gasteiger partial charge in [0.25, 0.3) is 0 Å². The first-order chi connectivity index (χ1) is 7.06. The first-order valence-electron chi connectivity index (χ1n) is 4.65. The van der Waals surface area contributed by atoms with Crippen molar-refractivity contribution in [3.8, 4) is 0 Å². The second-order valence-electron chi connectivity index (χ2n) is 3.18. The molecule has 0 atom stereocenters. The highest BCUT2D eigenvalue weighted by molar-refractivity contribution is 7.15. The zero-order valence-electron chi connectivity index (χ0n) is 8.32. The van der Waals surface area contributed by atoms with Gasteiger partial charge in [0.15, 0.2) is 0 Å². The average Bonchev–Trinajstić information content (AvgIpc) is 2.58. The number of carboxylic acids is 2. The van der Waals surface area contributed by atoms with Gasteiger partial charge in [0.1, 0.15) is 9.75 Å². The number of carbonyl (C=O) groups is 2. The molecule has 0 aliphatic carbocycles. The Bertz CT molecular complexity index is 381. The van der Waals surface area contributed by atoms with Gasteiger partial charge in [-0.2, -0.15) is 0 Å². The Kier molecular flexibility index (Phi) is 3.85. The first-order valence-corrected chi connectivity index (χ1v) is 5.47. The van der Waals surface area contributed by atoms with E-state index in [0.717, 1.165) is 24.2 Å². The highest BCUT2D eigenvalue weighted by atomic mass is 32.1. The molecule has 2 N–H and O–H groups in total. The van der Waals surface area contributed by atoms with Crippen LogP contribution in [0.2, 0.25) is 0 Å². The van der Waals surface area contributed by atoms with Crippen molar-refractivity contribution >= 4 is 23.3 Å². The van der Waals surface area contributed by atoms with Crippen LogP contribution in [0.25, 0.3) is 0 Å². The quantitative estimate of drug-likeness (QED) is 0.811. The van der Waals surface area contributed by atoms with Crippen molar-refractivity contribution in [3.05, 3.63) is 21.4 Å². The monoisotopic (exact) mass is 228 g/mol. The van der Waals surface area contributed by atoms with Crippen LogP contribution in [0.15, 0.2) is 6.07 Å². The van der Waals surface area contributed by atoms with Crippen LogP contribution in [0.5, 0.6) is 0 Å². The lowest BCUT2D eigenvalue weighted by atomic mass is 10.1. The van der Waals surface area contributed by atoms with Gasteiger partial charge < -0.3 is 10.2 Å². The third kappa shape index (κ3) is 2.79. The van der Waals surface area contributed by atoms with Crippen molar-refractivity contribution in [2.24, 2.45) is 0 Å². The summed E-state index contributed by atoms with van der Waals surface area (Å²) in [5.74, 6) is -2.11. The molecular weight excluding hydrogens is 216 g/mol. The molecule has 0 radical (unpaired) electrons. The minimum Gasteiger partial charge on any atom is -0.477 e. The van der Waals surface area contributed by atoms with Crippen molar-refractivity contribution in [1.29, 1.82) is 0 Å². The van der Waals surface area contributed by atoms with Gasteiger partial charge in [-0.05, 0) is 24.5 Å². The summed E-state index contributed by atoms with van der Waals surface area (Å²) in [6, 6.07) is 1.46. The van der Waals surface area contributed by atoms with E-state index in [-0.39, 0.29) is 9.75 Å². The molecule has 82 valence electrons. The van der Waals surface area contributed by atoms with Crippen LogP contribution in [0.1, 0.15) is 44.7 Å². The lowest BCUT2D eigenvalue weighted by Crippen LogP contribution is -1.97. The van der Waals surface area contributed by atoms with E-state index >= 15 is 0 Å². The molecule has 0 aliphatic heterocycles. The summed E-state index contributed by atoms with van der Waals surface area (Å²) in [6.07, 6.45) is 2.45. The van der Waals surface area contributed by atoms with Crippen LogP contribution in [0.3, 0.4) is 0 Å². The molecule has 5 heteroatoms. The summed E-state index contributed by atoms with van der Waals surface area (Å²) in [5, 5.41) is 17.6. The van der Waals surface area contributed by atoms with Gasteiger partial charge in [-0.3, -0.25) is 0 Å². The summed E-state index contributed by atoms with van der Waals surface area (Å²) >= 11 is 0.827. The van der Waals surface area contributed by atoms with E-state index in [2.05, 4.69) is 0 Å². The van der Waals surface area contributed by atoms with Gasteiger partial charge >= 0.3 is 11.9 Å². The third-order valence-corrected chi connectivity index (χ3v) is 3.17. The predicted molar refractivity (Wildman–Crippen MR) is 56.8 cm³/mol. The zero-order valence-corrected chi connectivity index (χ0v) is 9.13. The number of unbranched alkanes of at least 4 members (excludes halogenated alkanes) is 1. The second-order valence-corrected chi connectivity index (χ2v) is 4.23. The van der Waals surface area contributed by atoms with E-state index in [1.165, 1.54) is 6.07 Å². The molecule has 0 spiro atoms. The zero-order chi connectivity index (χ0) is 11.4. The molecule has 0 saturated heterocycles. The van der Waals surface area contributed by atoms with Crippen molar-refractivity contribution in [1.82, 2.24) is 0 Å². The molecule has 15 heavy (non-hydrogen) atoms. The SMILES string of the molecule is CCCCc1cc(C(=O)O)sc1C(=O)O. The van der Waals surface area contributed by atoms with E-state index in [9.17, 15) is 9.59 Å². The molecule has 0 bridgehead atoms. The minimum atomic E-state index is -1.06. The van der Waals surface area contributed by atoms with Crippen molar-refractivity contribution < 1.29 is 19.8 Å². The lowest BCUT2D eigenvalue weighted by Gasteiger charge is -1.96. The molecule has 4 nitrogen and oxygen atoms in total. The Hall–Kier alpha value is -1.36. The fourth-order valence-electron chi connectivity index (χ4n) is 1.27. The molecule has 1 heterocycles. The van der Waals surface area contributed by atoms with Crippen molar-refractivity contribution in [2.75, 3.05) is 0 Å². The van der Waals surface area contributed by atoms with E-state index in [1.807, 2.05) is 6.92 Å². The highest BCUT2D eigenvalue weighted by Crippen LogP contribution is 2.24. The first kappa shape index (κ1) is 11.7. The predicted octanol–water partition coefficient (Wildman–Crippen LogP) is 2.49. The summed E-state index contributed by atoms with van der Waals surface area (Å²) in [6.45, 7) is 2.00. The van der Waals surface area contributed by atoms with Gasteiger partial charge in [-0.1, -0.05) is 13.3 Å². The summed E-state index contributed by atoms with van der Waals surface area (Å²) in [4.78, 5) is 21.8. The largest absolute Gasteiger partial charge is 0.477 e. The van der Waals surface area contributed by atoms with Crippen LogP contribution in [-0.2, 0) is 6.42 Å². The van der Waals surface area contributed by atoms with Gasteiger partial charge in [0.2, 0.25) is 0 Å². The van der Waals surface area contributed by atoms with Gasteiger partial charge in [0.05, 0.1) is 0 Å². The number of rotatable bonds is 5. The molecule has 0 aromatic carbocycles. The fourth-order valence-corrected chi connectivity index (χ4v) is 2.16. The Morgan fingerprint density at radius 3 is 2.47 bits per heavy atom. The van der Waals surface area contributed by atoms with E-state index in [4.69, 9.17) is 10.2 Å². The Balaban J connectivity index is 3.00. The number of thiophene rings is 1. The fraction of sp³-hybridized carbons (Fsp3) is 0.400. The number of hydrogen-bond acceptors (Lipinski definition) is 3. The number of aryl methyl sites for hydroxylation is 1. The number of hydrogen-bond donors (Lipinski definition) is 2. The minimum absolute atomic E-state index is 0.0958. The van der Waals surface area contributed by atoms with E-state index < -0.39 is 11.9 Å². The second kappa shape index (κ2) is 4.93. The molecule has 1 aromatic rings. The normalized spacial score (nSPS) is 10.2. The van der Waals surface area contributed by atoms with Crippen LogP contribution >= 0.6 is 11.3 Å². The van der Waals surface area contributed by atoms with Crippen molar-refractivity contribution in [3.63, 3.8) is 0 Å².